The molecule has 0 fully saturated rings. The number of nitro groups is 1. The molecule has 1 atom stereocenters. The van der Waals surface area contributed by atoms with E-state index in [0.717, 1.165) is 16.9 Å². The highest BCUT2D eigenvalue weighted by atomic mass is 32.1. The van der Waals surface area contributed by atoms with Gasteiger partial charge < -0.3 is 15.2 Å². The predicted octanol–water partition coefficient (Wildman–Crippen LogP) is 1.53. The highest BCUT2D eigenvalue weighted by molar-refractivity contribution is 7.13. The average Bonchev–Trinajstić information content (AvgIpc) is 2.75. The molecule has 102 valence electrons. The Balaban J connectivity index is 2.34. The SMILES string of the molecule is COCCC(C)(O)CNCc1csc([N+](=O)[O-])c1. The molecule has 1 aromatic rings. The van der Waals surface area contributed by atoms with Gasteiger partial charge >= 0.3 is 5.00 Å². The molecule has 0 spiro atoms. The van der Waals surface area contributed by atoms with Crippen LogP contribution in [0.15, 0.2) is 11.4 Å². The van der Waals surface area contributed by atoms with Gasteiger partial charge in [0.25, 0.3) is 0 Å². The molecule has 0 aliphatic carbocycles. The van der Waals surface area contributed by atoms with Crippen molar-refractivity contribution in [2.75, 3.05) is 20.3 Å². The largest absolute Gasteiger partial charge is 0.389 e. The van der Waals surface area contributed by atoms with Crippen molar-refractivity contribution in [3.63, 3.8) is 0 Å². The first-order valence-electron chi connectivity index (χ1n) is 5.58. The zero-order valence-electron chi connectivity index (χ0n) is 10.5. The third-order valence-corrected chi connectivity index (χ3v) is 3.43. The second kappa shape index (κ2) is 6.79. The van der Waals surface area contributed by atoms with Crippen LogP contribution in [0, 0.1) is 10.1 Å². The highest BCUT2D eigenvalue weighted by Gasteiger charge is 2.19. The predicted molar refractivity (Wildman–Crippen MR) is 69.8 cm³/mol. The van der Waals surface area contributed by atoms with Gasteiger partial charge in [0.05, 0.1) is 10.5 Å². The van der Waals surface area contributed by atoms with Crippen molar-refractivity contribution in [1.82, 2.24) is 5.32 Å². The van der Waals surface area contributed by atoms with E-state index in [9.17, 15) is 15.2 Å². The van der Waals surface area contributed by atoms with Crippen molar-refractivity contribution in [3.8, 4) is 0 Å². The van der Waals surface area contributed by atoms with Crippen LogP contribution in [0.2, 0.25) is 0 Å². The molecule has 0 saturated heterocycles. The Labute approximate surface area is 110 Å². The summed E-state index contributed by atoms with van der Waals surface area (Å²) in [7, 11) is 1.59. The Bertz CT molecular complexity index is 392. The summed E-state index contributed by atoms with van der Waals surface area (Å²) in [6.45, 7) is 3.15. The molecule has 0 aliphatic rings. The van der Waals surface area contributed by atoms with E-state index in [-0.39, 0.29) is 5.00 Å². The van der Waals surface area contributed by atoms with Crippen molar-refractivity contribution >= 4 is 16.3 Å². The Hall–Kier alpha value is -1.02. The molecule has 1 rings (SSSR count). The summed E-state index contributed by atoms with van der Waals surface area (Å²) in [6, 6.07) is 1.54. The van der Waals surface area contributed by atoms with Crippen LogP contribution in [-0.4, -0.2) is 35.9 Å². The molecule has 0 aliphatic heterocycles. The van der Waals surface area contributed by atoms with Gasteiger partial charge in [-0.3, -0.25) is 10.1 Å². The van der Waals surface area contributed by atoms with E-state index in [1.807, 2.05) is 0 Å². The van der Waals surface area contributed by atoms with E-state index >= 15 is 0 Å². The van der Waals surface area contributed by atoms with E-state index < -0.39 is 10.5 Å². The number of nitrogens with one attached hydrogen (secondary N) is 1. The number of rotatable bonds is 8. The van der Waals surface area contributed by atoms with Crippen molar-refractivity contribution in [1.29, 1.82) is 0 Å². The summed E-state index contributed by atoms with van der Waals surface area (Å²) in [5.41, 5.74) is 0.0204. The first kappa shape index (κ1) is 15.0. The minimum absolute atomic E-state index is 0.137. The fourth-order valence-electron chi connectivity index (χ4n) is 1.44. The quantitative estimate of drug-likeness (QED) is 0.555. The molecule has 0 amide bonds. The zero-order chi connectivity index (χ0) is 13.6. The Morgan fingerprint density at radius 1 is 1.67 bits per heavy atom. The van der Waals surface area contributed by atoms with Crippen LogP contribution >= 0.6 is 11.3 Å². The van der Waals surface area contributed by atoms with Crippen LogP contribution in [0.25, 0.3) is 0 Å². The van der Waals surface area contributed by atoms with E-state index in [1.54, 1.807) is 25.5 Å². The van der Waals surface area contributed by atoms with Gasteiger partial charge in [-0.2, -0.15) is 0 Å². The summed E-state index contributed by atoms with van der Waals surface area (Å²) in [4.78, 5) is 10.1. The first-order valence-corrected chi connectivity index (χ1v) is 6.46. The van der Waals surface area contributed by atoms with Crippen LogP contribution in [0.3, 0.4) is 0 Å². The van der Waals surface area contributed by atoms with Gasteiger partial charge in [-0.05, 0) is 12.5 Å². The molecule has 1 unspecified atom stereocenters. The minimum atomic E-state index is -0.835. The maximum atomic E-state index is 10.5. The molecule has 1 aromatic heterocycles. The lowest BCUT2D eigenvalue weighted by atomic mass is 10.0. The monoisotopic (exact) mass is 274 g/mol. The molecular formula is C11H18N2O4S. The van der Waals surface area contributed by atoms with Crippen LogP contribution in [0.4, 0.5) is 5.00 Å². The van der Waals surface area contributed by atoms with Gasteiger partial charge in [0.2, 0.25) is 0 Å². The van der Waals surface area contributed by atoms with Crippen LogP contribution < -0.4 is 5.32 Å². The van der Waals surface area contributed by atoms with E-state index in [2.05, 4.69) is 5.32 Å². The summed E-state index contributed by atoms with van der Waals surface area (Å²) in [5, 5.41) is 25.4. The van der Waals surface area contributed by atoms with Crippen molar-refractivity contribution < 1.29 is 14.8 Å². The lowest BCUT2D eigenvalue weighted by Crippen LogP contribution is -2.38. The van der Waals surface area contributed by atoms with Crippen molar-refractivity contribution in [3.05, 3.63) is 27.1 Å². The number of thiophene rings is 1. The highest BCUT2D eigenvalue weighted by Crippen LogP contribution is 2.22. The lowest BCUT2D eigenvalue weighted by molar-refractivity contribution is -0.380. The number of nitrogens with zero attached hydrogens (tertiary/aromatic N) is 1. The van der Waals surface area contributed by atoms with E-state index in [4.69, 9.17) is 4.74 Å². The summed E-state index contributed by atoms with van der Waals surface area (Å²) in [5.74, 6) is 0. The molecule has 1 heterocycles. The fraction of sp³-hybridized carbons (Fsp3) is 0.636. The van der Waals surface area contributed by atoms with Crippen LogP contribution in [0.1, 0.15) is 18.9 Å². The third kappa shape index (κ3) is 5.09. The molecule has 0 saturated carbocycles. The van der Waals surface area contributed by atoms with E-state index in [0.29, 0.717) is 26.1 Å². The minimum Gasteiger partial charge on any atom is -0.389 e. The van der Waals surface area contributed by atoms with Crippen LogP contribution in [0.5, 0.6) is 0 Å². The molecule has 6 nitrogen and oxygen atoms in total. The van der Waals surface area contributed by atoms with Gasteiger partial charge in [0.1, 0.15) is 0 Å². The van der Waals surface area contributed by atoms with Crippen molar-refractivity contribution in [2.24, 2.45) is 0 Å². The lowest BCUT2D eigenvalue weighted by Gasteiger charge is -2.23. The molecule has 0 bridgehead atoms. The smallest absolute Gasteiger partial charge is 0.324 e. The molecule has 18 heavy (non-hydrogen) atoms. The topological polar surface area (TPSA) is 84.6 Å². The van der Waals surface area contributed by atoms with Gasteiger partial charge in [0, 0.05) is 44.7 Å². The van der Waals surface area contributed by atoms with Gasteiger partial charge in [0.15, 0.2) is 0 Å². The fourth-order valence-corrected chi connectivity index (χ4v) is 2.17. The number of methoxy groups -OCH3 is 1. The van der Waals surface area contributed by atoms with Crippen molar-refractivity contribution in [2.45, 2.75) is 25.5 Å². The number of hydrogen-bond donors (Lipinski definition) is 2. The van der Waals surface area contributed by atoms with Gasteiger partial charge in [-0.1, -0.05) is 11.3 Å². The Morgan fingerprint density at radius 3 is 2.94 bits per heavy atom. The average molecular weight is 274 g/mol. The summed E-state index contributed by atoms with van der Waals surface area (Å²) < 4.78 is 4.91. The van der Waals surface area contributed by atoms with Crippen LogP contribution in [-0.2, 0) is 11.3 Å². The van der Waals surface area contributed by atoms with Gasteiger partial charge in [-0.15, -0.1) is 0 Å². The maximum absolute atomic E-state index is 10.5. The first-order chi connectivity index (χ1) is 8.44. The maximum Gasteiger partial charge on any atom is 0.324 e. The normalized spacial score (nSPS) is 14.4. The second-order valence-electron chi connectivity index (χ2n) is 4.39. The second-order valence-corrected chi connectivity index (χ2v) is 5.28. The molecule has 7 heteroatoms. The summed E-state index contributed by atoms with van der Waals surface area (Å²) in [6.07, 6.45) is 0.542. The Morgan fingerprint density at radius 2 is 2.39 bits per heavy atom. The third-order valence-electron chi connectivity index (χ3n) is 2.50. The molecule has 2 N–H and O–H groups in total. The molecule has 0 aromatic carbocycles. The summed E-state index contributed by atoms with van der Waals surface area (Å²) >= 11 is 1.11. The van der Waals surface area contributed by atoms with E-state index in [1.165, 1.54) is 0 Å². The van der Waals surface area contributed by atoms with Gasteiger partial charge in [-0.25, -0.2) is 0 Å². The number of ether oxygens (including phenoxy) is 1. The number of hydrogen-bond acceptors (Lipinski definition) is 6. The zero-order valence-corrected chi connectivity index (χ0v) is 11.3. The molecule has 0 radical (unpaired) electrons. The molecular weight excluding hydrogens is 256 g/mol. The Kier molecular flexibility index (Phi) is 5.67. The number of aliphatic hydroxyl groups is 1. The standard InChI is InChI=1S/C11H18N2O4S/c1-11(14,3-4-17-2)8-12-6-9-5-10(13(15)16)18-7-9/h5,7,12,14H,3-4,6,8H2,1-2H3.